The first-order chi connectivity index (χ1) is 24.2. The lowest BCUT2D eigenvalue weighted by atomic mass is 9.66. The lowest BCUT2D eigenvalue weighted by Crippen LogP contribution is -2.29. The lowest BCUT2D eigenvalue weighted by Gasteiger charge is -2.36. The van der Waals surface area contributed by atoms with Crippen LogP contribution in [0.4, 0.5) is 0 Å². The lowest BCUT2D eigenvalue weighted by molar-refractivity contribution is 0.352. The number of benzene rings is 6. The molecule has 0 radical (unpaired) electrons. The molecule has 2 aromatic heterocycles. The molecular weight excluding hydrogens is 599 g/mol. The summed E-state index contributed by atoms with van der Waals surface area (Å²) < 4.78 is 6.28. The van der Waals surface area contributed by atoms with E-state index < -0.39 is 0 Å². The summed E-state index contributed by atoms with van der Waals surface area (Å²) in [4.78, 5) is 10.4. The first-order valence-electron chi connectivity index (χ1n) is 17.2. The van der Waals surface area contributed by atoms with Gasteiger partial charge in [0.2, 0.25) is 0 Å². The molecule has 4 nitrogen and oxygen atoms in total. The summed E-state index contributed by atoms with van der Waals surface area (Å²) in [6.45, 7) is 0. The molecule has 2 aliphatic rings. The Morgan fingerprint density at radius 2 is 1.31 bits per heavy atom. The minimum atomic E-state index is -0.144. The highest BCUT2D eigenvalue weighted by Crippen LogP contribution is 2.57. The van der Waals surface area contributed by atoms with Gasteiger partial charge in [-0.3, -0.25) is 0 Å². The van der Waals surface area contributed by atoms with Crippen LogP contribution in [-0.4, -0.2) is 9.97 Å². The molecule has 0 N–H and O–H groups in total. The van der Waals surface area contributed by atoms with Crippen LogP contribution in [0, 0.1) is 11.3 Å². The SMILES string of the molecule is N#Cc1cccc2c1C1(CCCCC1)c1cc(-c3cc(-c4ccc5ccccc5c4)nc(-c4ccc5c(c4)oc4ccccc45)n3)ccc1-2. The Morgan fingerprint density at radius 1 is 0.571 bits per heavy atom. The number of aromatic nitrogens is 2. The number of furan rings is 1. The van der Waals surface area contributed by atoms with Crippen LogP contribution in [-0.2, 0) is 5.41 Å². The first-order valence-corrected chi connectivity index (χ1v) is 17.2. The Hall–Kier alpha value is -6.05. The number of hydrogen-bond acceptors (Lipinski definition) is 4. The Labute approximate surface area is 284 Å². The molecule has 0 aliphatic heterocycles. The number of hydrogen-bond donors (Lipinski definition) is 0. The molecule has 8 aromatic rings. The zero-order valence-corrected chi connectivity index (χ0v) is 26.9. The molecule has 6 aromatic carbocycles. The summed E-state index contributed by atoms with van der Waals surface area (Å²) in [6.07, 6.45) is 5.68. The molecule has 2 aliphatic carbocycles. The maximum Gasteiger partial charge on any atom is 0.160 e. The molecule has 0 unspecified atom stereocenters. The molecule has 232 valence electrons. The van der Waals surface area contributed by atoms with E-state index in [1.807, 2.05) is 30.3 Å². The van der Waals surface area contributed by atoms with Gasteiger partial charge in [-0.2, -0.15) is 5.26 Å². The maximum absolute atomic E-state index is 10.2. The third-order valence-corrected chi connectivity index (χ3v) is 10.9. The van der Waals surface area contributed by atoms with Gasteiger partial charge in [0, 0.05) is 32.9 Å². The molecule has 10 rings (SSSR count). The van der Waals surface area contributed by atoms with Gasteiger partial charge in [-0.05, 0) is 88.3 Å². The van der Waals surface area contributed by atoms with E-state index in [2.05, 4.69) is 103 Å². The summed E-state index contributed by atoms with van der Waals surface area (Å²) in [7, 11) is 0. The van der Waals surface area contributed by atoms with Gasteiger partial charge in [0.1, 0.15) is 11.2 Å². The summed E-state index contributed by atoms with van der Waals surface area (Å²) in [5, 5.41) is 14.8. The highest BCUT2D eigenvalue weighted by Gasteiger charge is 2.45. The third-order valence-electron chi connectivity index (χ3n) is 10.9. The average molecular weight is 630 g/mol. The second-order valence-electron chi connectivity index (χ2n) is 13.6. The van der Waals surface area contributed by atoms with Gasteiger partial charge in [0.05, 0.1) is 23.0 Å². The van der Waals surface area contributed by atoms with Crippen LogP contribution in [0.1, 0.15) is 48.8 Å². The topological polar surface area (TPSA) is 62.7 Å². The summed E-state index contributed by atoms with van der Waals surface area (Å²) in [6, 6.07) is 47.1. The van der Waals surface area contributed by atoms with Gasteiger partial charge in [-0.25, -0.2) is 9.97 Å². The fourth-order valence-corrected chi connectivity index (χ4v) is 8.61. The van der Waals surface area contributed by atoms with Crippen molar-refractivity contribution in [3.8, 4) is 51.1 Å². The van der Waals surface area contributed by atoms with Crippen molar-refractivity contribution >= 4 is 32.7 Å². The van der Waals surface area contributed by atoms with Crippen LogP contribution < -0.4 is 0 Å². The largest absolute Gasteiger partial charge is 0.456 e. The zero-order chi connectivity index (χ0) is 32.5. The molecule has 1 fully saturated rings. The van der Waals surface area contributed by atoms with Crippen LogP contribution in [0.3, 0.4) is 0 Å². The van der Waals surface area contributed by atoms with Crippen molar-refractivity contribution in [2.24, 2.45) is 0 Å². The third kappa shape index (κ3) is 4.29. The molecule has 2 heterocycles. The highest BCUT2D eigenvalue weighted by atomic mass is 16.3. The van der Waals surface area contributed by atoms with E-state index in [-0.39, 0.29) is 5.41 Å². The molecule has 1 saturated carbocycles. The predicted octanol–water partition coefficient (Wildman–Crippen LogP) is 11.6. The standard InChI is InChI=1S/C45H31N3O/c46-27-33-11-8-13-37-34-19-17-31(24-38(34)45(43(33)37)21-6-1-7-22-45)40-26-39(30-16-15-28-9-2-3-10-29(28)23-30)47-44(48-40)32-18-20-36-35-12-4-5-14-41(35)49-42(36)25-32/h2-5,8-20,23-26H,1,6-7,21-22H2. The summed E-state index contributed by atoms with van der Waals surface area (Å²) in [5.74, 6) is 0.658. The van der Waals surface area contributed by atoms with Crippen LogP contribution in [0.5, 0.6) is 0 Å². The molecule has 1 spiro atoms. The van der Waals surface area contributed by atoms with Crippen molar-refractivity contribution in [1.82, 2.24) is 9.97 Å². The normalized spacial score (nSPS) is 14.7. The van der Waals surface area contributed by atoms with Gasteiger partial charge < -0.3 is 4.42 Å². The number of fused-ring (bicyclic) bond motifs is 9. The average Bonchev–Trinajstić information content (AvgIpc) is 3.67. The highest BCUT2D eigenvalue weighted by molar-refractivity contribution is 6.05. The van der Waals surface area contributed by atoms with E-state index in [0.29, 0.717) is 5.82 Å². The number of nitrogens with zero attached hydrogens (tertiary/aromatic N) is 3. The van der Waals surface area contributed by atoms with Gasteiger partial charge >= 0.3 is 0 Å². The van der Waals surface area contributed by atoms with E-state index in [0.717, 1.165) is 81.3 Å². The molecule has 0 amide bonds. The van der Waals surface area contributed by atoms with Gasteiger partial charge in [-0.1, -0.05) is 104 Å². The number of nitriles is 1. The fraction of sp³-hybridized carbons (Fsp3) is 0.133. The van der Waals surface area contributed by atoms with Crippen molar-refractivity contribution in [1.29, 1.82) is 5.26 Å². The van der Waals surface area contributed by atoms with Crippen LogP contribution >= 0.6 is 0 Å². The Bertz CT molecular complexity index is 2670. The monoisotopic (exact) mass is 629 g/mol. The Morgan fingerprint density at radius 3 is 2.16 bits per heavy atom. The Kier molecular flexibility index (Phi) is 6.14. The van der Waals surface area contributed by atoms with Crippen molar-refractivity contribution in [3.05, 3.63) is 144 Å². The van der Waals surface area contributed by atoms with E-state index in [1.165, 1.54) is 39.4 Å². The Balaban J connectivity index is 1.18. The predicted molar refractivity (Wildman–Crippen MR) is 197 cm³/mol. The second kappa shape index (κ2) is 10.7. The van der Waals surface area contributed by atoms with Crippen LogP contribution in [0.2, 0.25) is 0 Å². The van der Waals surface area contributed by atoms with Crippen molar-refractivity contribution in [2.45, 2.75) is 37.5 Å². The summed E-state index contributed by atoms with van der Waals surface area (Å²) >= 11 is 0. The van der Waals surface area contributed by atoms with Gasteiger partial charge in [-0.15, -0.1) is 0 Å². The molecule has 0 saturated heterocycles. The quantitative estimate of drug-likeness (QED) is 0.195. The minimum Gasteiger partial charge on any atom is -0.456 e. The smallest absolute Gasteiger partial charge is 0.160 e. The second-order valence-corrected chi connectivity index (χ2v) is 13.6. The molecule has 0 atom stereocenters. The maximum atomic E-state index is 10.2. The molecule has 49 heavy (non-hydrogen) atoms. The minimum absolute atomic E-state index is 0.144. The van der Waals surface area contributed by atoms with E-state index >= 15 is 0 Å². The van der Waals surface area contributed by atoms with Crippen molar-refractivity contribution < 1.29 is 4.42 Å². The van der Waals surface area contributed by atoms with Crippen molar-refractivity contribution in [3.63, 3.8) is 0 Å². The van der Waals surface area contributed by atoms with Crippen molar-refractivity contribution in [2.75, 3.05) is 0 Å². The van der Waals surface area contributed by atoms with Crippen LogP contribution in [0.25, 0.3) is 77.7 Å². The van der Waals surface area contributed by atoms with E-state index in [4.69, 9.17) is 14.4 Å². The van der Waals surface area contributed by atoms with Gasteiger partial charge in [0.15, 0.2) is 5.82 Å². The molecular formula is C45H31N3O. The zero-order valence-electron chi connectivity index (χ0n) is 26.9. The molecule has 0 bridgehead atoms. The summed E-state index contributed by atoms with van der Waals surface area (Å²) in [5.41, 5.74) is 12.1. The van der Waals surface area contributed by atoms with Crippen LogP contribution in [0.15, 0.2) is 132 Å². The van der Waals surface area contributed by atoms with E-state index in [9.17, 15) is 5.26 Å². The van der Waals surface area contributed by atoms with E-state index in [1.54, 1.807) is 0 Å². The fourth-order valence-electron chi connectivity index (χ4n) is 8.61. The van der Waals surface area contributed by atoms with Gasteiger partial charge in [0.25, 0.3) is 0 Å². The molecule has 4 heteroatoms. The number of para-hydroxylation sites is 1. The first kappa shape index (κ1) is 28.0. The number of rotatable bonds is 3.